The van der Waals surface area contributed by atoms with Crippen LogP contribution in [0.3, 0.4) is 0 Å². The Bertz CT molecular complexity index is 773. The largest absolute Gasteiger partial charge is 0.478 e. The van der Waals surface area contributed by atoms with Crippen LogP contribution in [-0.4, -0.2) is 29.1 Å². The molecule has 2 heterocycles. The third-order valence-corrected chi connectivity index (χ3v) is 7.48. The molecule has 156 valence electrons. The van der Waals surface area contributed by atoms with Gasteiger partial charge in [0.25, 0.3) is 0 Å². The fourth-order valence-corrected chi connectivity index (χ4v) is 5.58. The summed E-state index contributed by atoms with van der Waals surface area (Å²) in [7, 11) is 0. The number of fused-ring (bicyclic) bond motifs is 2. The lowest BCUT2D eigenvalue weighted by Gasteiger charge is -2.31. The average Bonchev–Trinajstić information content (AvgIpc) is 3.33. The number of hydrogen-bond donors (Lipinski definition) is 1. The number of allylic oxidation sites excluding steroid dienone is 1. The van der Waals surface area contributed by atoms with E-state index in [1.165, 1.54) is 6.42 Å². The van der Waals surface area contributed by atoms with Gasteiger partial charge >= 0.3 is 5.97 Å². The Balaban J connectivity index is 1.39. The molecule has 4 rings (SSSR count). The van der Waals surface area contributed by atoms with Crippen molar-refractivity contribution in [3.8, 4) is 0 Å². The summed E-state index contributed by atoms with van der Waals surface area (Å²) in [5, 5.41) is 9.05. The molecule has 1 aromatic rings. The Labute approximate surface area is 173 Å². The predicted octanol–water partition coefficient (Wildman–Crippen LogP) is 5.21. The number of carbonyl (C=O) groups is 2. The van der Waals surface area contributed by atoms with Gasteiger partial charge in [-0.2, -0.15) is 0 Å². The van der Waals surface area contributed by atoms with Gasteiger partial charge in [0.15, 0.2) is 5.78 Å². The molecule has 4 atom stereocenters. The van der Waals surface area contributed by atoms with Crippen molar-refractivity contribution in [2.75, 3.05) is 0 Å². The van der Waals surface area contributed by atoms with Crippen molar-refractivity contribution < 1.29 is 19.4 Å². The summed E-state index contributed by atoms with van der Waals surface area (Å²) in [5.41, 5.74) is 1.31. The van der Waals surface area contributed by atoms with Gasteiger partial charge in [0.1, 0.15) is 0 Å². The lowest BCUT2D eigenvalue weighted by Crippen LogP contribution is -2.30. The average molecular weight is 397 g/mol. The molecule has 4 heteroatoms. The fraction of sp³-hybridized carbons (Fsp3) is 0.600. The van der Waals surface area contributed by atoms with Crippen LogP contribution in [-0.2, 0) is 16.0 Å². The molecule has 1 N–H and O–H groups in total. The zero-order valence-corrected chi connectivity index (χ0v) is 17.3. The second kappa shape index (κ2) is 8.43. The maximum Gasteiger partial charge on any atom is 0.335 e. The summed E-state index contributed by atoms with van der Waals surface area (Å²) in [4.78, 5) is 23.9. The second-order valence-electron chi connectivity index (χ2n) is 9.42. The highest BCUT2D eigenvalue weighted by Crippen LogP contribution is 2.46. The van der Waals surface area contributed by atoms with Gasteiger partial charge in [-0.3, -0.25) is 4.79 Å². The predicted molar refractivity (Wildman–Crippen MR) is 112 cm³/mol. The van der Waals surface area contributed by atoms with Gasteiger partial charge in [0, 0.05) is 11.3 Å². The van der Waals surface area contributed by atoms with Crippen LogP contribution >= 0.6 is 0 Å². The SMILES string of the molecule is CC1(C(=O)C=C[C@H]2[C@@H](CCc3ccc(C(=O)O)cc3)[C@H]3CC[C@@H]2O3)CCCCC1. The summed E-state index contributed by atoms with van der Waals surface area (Å²) in [5.74, 6) is 0.168. The fourth-order valence-electron chi connectivity index (χ4n) is 5.58. The van der Waals surface area contributed by atoms with Crippen LogP contribution in [0.1, 0.15) is 74.2 Å². The molecule has 3 fully saturated rings. The van der Waals surface area contributed by atoms with Gasteiger partial charge in [-0.15, -0.1) is 0 Å². The Morgan fingerprint density at radius 1 is 1.10 bits per heavy atom. The third kappa shape index (κ3) is 4.32. The van der Waals surface area contributed by atoms with E-state index in [0.29, 0.717) is 29.3 Å². The van der Waals surface area contributed by atoms with Crippen molar-refractivity contribution in [3.05, 3.63) is 47.5 Å². The molecule has 0 unspecified atom stereocenters. The van der Waals surface area contributed by atoms with E-state index < -0.39 is 5.97 Å². The summed E-state index contributed by atoms with van der Waals surface area (Å²) in [6.07, 6.45) is 14.3. The molecule has 1 saturated carbocycles. The lowest BCUT2D eigenvalue weighted by atomic mass is 9.71. The molecule has 4 nitrogen and oxygen atoms in total. The molecular formula is C25H32O4. The van der Waals surface area contributed by atoms with Gasteiger partial charge in [-0.25, -0.2) is 4.79 Å². The van der Waals surface area contributed by atoms with Crippen molar-refractivity contribution in [2.24, 2.45) is 17.3 Å². The Kier molecular flexibility index (Phi) is 5.91. The number of rotatable bonds is 7. The second-order valence-corrected chi connectivity index (χ2v) is 9.42. The van der Waals surface area contributed by atoms with Crippen molar-refractivity contribution in [1.82, 2.24) is 0 Å². The van der Waals surface area contributed by atoms with E-state index in [-0.39, 0.29) is 11.5 Å². The standard InChI is InChI=1S/C25H32O4/c1-25(15-3-2-4-16-25)23(26)14-11-20-19(21-12-13-22(20)29-21)10-7-17-5-8-18(9-6-17)24(27)28/h5-6,8-9,11,14,19-22H,2-4,7,10,12-13,15-16H2,1H3,(H,27,28)/t19-,20+,21-,22+/m1/s1. The number of ketones is 1. The minimum atomic E-state index is -0.889. The van der Waals surface area contributed by atoms with E-state index in [4.69, 9.17) is 9.84 Å². The van der Waals surface area contributed by atoms with E-state index in [0.717, 1.165) is 56.9 Å². The van der Waals surface area contributed by atoms with E-state index in [1.807, 2.05) is 18.2 Å². The summed E-state index contributed by atoms with van der Waals surface area (Å²) >= 11 is 0. The Morgan fingerprint density at radius 2 is 1.79 bits per heavy atom. The number of carboxylic acids is 1. The summed E-state index contributed by atoms with van der Waals surface area (Å²) in [6.45, 7) is 2.13. The van der Waals surface area contributed by atoms with Gasteiger partial charge in [-0.1, -0.05) is 44.4 Å². The molecule has 0 aromatic heterocycles. The van der Waals surface area contributed by atoms with E-state index >= 15 is 0 Å². The number of ether oxygens (including phenoxy) is 1. The van der Waals surface area contributed by atoms with Crippen LogP contribution in [0, 0.1) is 17.3 Å². The molecule has 1 aromatic carbocycles. The van der Waals surface area contributed by atoms with Crippen molar-refractivity contribution in [1.29, 1.82) is 0 Å². The highest BCUT2D eigenvalue weighted by Gasteiger charge is 2.47. The highest BCUT2D eigenvalue weighted by molar-refractivity contribution is 5.94. The number of carbonyl (C=O) groups excluding carboxylic acids is 1. The molecule has 2 aliphatic heterocycles. The lowest BCUT2D eigenvalue weighted by molar-refractivity contribution is -0.124. The zero-order chi connectivity index (χ0) is 20.4. The molecule has 2 saturated heterocycles. The topological polar surface area (TPSA) is 63.6 Å². The molecule has 0 radical (unpaired) electrons. The molecule has 2 bridgehead atoms. The first-order valence-electron chi connectivity index (χ1n) is 11.2. The normalized spacial score (nSPS) is 30.7. The smallest absolute Gasteiger partial charge is 0.335 e. The van der Waals surface area contributed by atoms with E-state index in [1.54, 1.807) is 12.1 Å². The molecular weight excluding hydrogens is 364 g/mol. The first-order chi connectivity index (χ1) is 14.0. The first-order valence-corrected chi connectivity index (χ1v) is 11.2. The Morgan fingerprint density at radius 3 is 2.48 bits per heavy atom. The van der Waals surface area contributed by atoms with Crippen molar-refractivity contribution in [2.45, 2.75) is 76.9 Å². The maximum absolute atomic E-state index is 12.9. The van der Waals surface area contributed by atoms with Crippen LogP contribution in [0.15, 0.2) is 36.4 Å². The number of hydrogen-bond acceptors (Lipinski definition) is 3. The first kappa shape index (κ1) is 20.3. The van der Waals surface area contributed by atoms with Gasteiger partial charge in [0.2, 0.25) is 0 Å². The molecule has 29 heavy (non-hydrogen) atoms. The van der Waals surface area contributed by atoms with Crippen LogP contribution in [0.2, 0.25) is 0 Å². The van der Waals surface area contributed by atoms with Gasteiger partial charge in [-0.05, 0) is 68.2 Å². The summed E-state index contributed by atoms with van der Waals surface area (Å²) < 4.78 is 6.20. The minimum absolute atomic E-state index is 0.172. The van der Waals surface area contributed by atoms with Crippen LogP contribution in [0.5, 0.6) is 0 Å². The third-order valence-electron chi connectivity index (χ3n) is 7.48. The van der Waals surface area contributed by atoms with Crippen molar-refractivity contribution in [3.63, 3.8) is 0 Å². The van der Waals surface area contributed by atoms with Crippen LogP contribution in [0.25, 0.3) is 0 Å². The van der Waals surface area contributed by atoms with E-state index in [9.17, 15) is 9.59 Å². The number of benzene rings is 1. The zero-order valence-electron chi connectivity index (χ0n) is 17.3. The molecule has 0 spiro atoms. The van der Waals surface area contributed by atoms with E-state index in [2.05, 4.69) is 13.0 Å². The van der Waals surface area contributed by atoms with Crippen LogP contribution < -0.4 is 0 Å². The van der Waals surface area contributed by atoms with Gasteiger partial charge in [0.05, 0.1) is 17.8 Å². The molecule has 3 aliphatic rings. The Hall–Kier alpha value is -1.94. The maximum atomic E-state index is 12.9. The highest BCUT2D eigenvalue weighted by atomic mass is 16.5. The van der Waals surface area contributed by atoms with Gasteiger partial charge < -0.3 is 9.84 Å². The molecule has 0 amide bonds. The number of aromatic carboxylic acids is 1. The monoisotopic (exact) mass is 396 g/mol. The minimum Gasteiger partial charge on any atom is -0.478 e. The summed E-state index contributed by atoms with van der Waals surface area (Å²) in [6, 6.07) is 7.18. The number of aryl methyl sites for hydroxylation is 1. The number of carboxylic acid groups (broad SMARTS) is 1. The van der Waals surface area contributed by atoms with Crippen molar-refractivity contribution >= 4 is 11.8 Å². The quantitative estimate of drug-likeness (QED) is 0.643. The van der Waals surface area contributed by atoms with Crippen LogP contribution in [0.4, 0.5) is 0 Å². The molecule has 1 aliphatic carbocycles.